The van der Waals surface area contributed by atoms with Gasteiger partial charge in [0.25, 0.3) is 5.91 Å². The van der Waals surface area contributed by atoms with Crippen molar-refractivity contribution >= 4 is 19.6 Å². The van der Waals surface area contributed by atoms with Crippen molar-refractivity contribution in [3.63, 3.8) is 0 Å². The Morgan fingerprint density at radius 1 is 1.17 bits per heavy atom. The van der Waals surface area contributed by atoms with E-state index in [-0.39, 0.29) is 24.9 Å². The summed E-state index contributed by atoms with van der Waals surface area (Å²) in [5, 5.41) is 2.83. The molecule has 0 aromatic heterocycles. The highest BCUT2D eigenvalue weighted by atomic mass is 31.2. The minimum absolute atomic E-state index is 0.159. The normalized spacial score (nSPS) is 20.7. The number of nitrogens with one attached hydrogen (secondary N) is 1. The first-order valence-electron chi connectivity index (χ1n) is 7.37. The third-order valence-electron chi connectivity index (χ3n) is 3.93. The van der Waals surface area contributed by atoms with Crippen molar-refractivity contribution in [3.8, 4) is 0 Å². The molecule has 1 aromatic carbocycles. The summed E-state index contributed by atoms with van der Waals surface area (Å²) < 4.78 is 27.4. The summed E-state index contributed by atoms with van der Waals surface area (Å²) in [6.07, 6.45) is -0.405. The summed E-state index contributed by atoms with van der Waals surface area (Å²) in [5.41, 5.74) is 0.507. The minimum Gasteiger partial charge on any atom is -0.453 e. The van der Waals surface area contributed by atoms with E-state index >= 15 is 0 Å². The van der Waals surface area contributed by atoms with Crippen LogP contribution in [0.4, 0.5) is 4.79 Å². The Balaban J connectivity index is 2.15. The minimum atomic E-state index is -3.53. The highest BCUT2D eigenvalue weighted by Crippen LogP contribution is 2.56. The molecule has 0 bridgehead atoms. The first kappa shape index (κ1) is 18.4. The first-order valence-corrected chi connectivity index (χ1v) is 8.98. The van der Waals surface area contributed by atoms with Gasteiger partial charge in [0.1, 0.15) is 5.78 Å². The SMILES string of the molecule is COC(=O)N1C[C@@H](NC(=O)c2ccccc2)C[C@@H]1P(=O)(OC)OC. The van der Waals surface area contributed by atoms with Crippen molar-refractivity contribution in [2.45, 2.75) is 18.2 Å². The Morgan fingerprint density at radius 2 is 1.79 bits per heavy atom. The van der Waals surface area contributed by atoms with Gasteiger partial charge in [-0.25, -0.2) is 4.79 Å². The van der Waals surface area contributed by atoms with Gasteiger partial charge < -0.3 is 19.1 Å². The Morgan fingerprint density at radius 3 is 2.33 bits per heavy atom. The number of hydrogen-bond donors (Lipinski definition) is 1. The number of rotatable bonds is 5. The highest BCUT2D eigenvalue weighted by Gasteiger charge is 2.48. The fraction of sp³-hybridized carbons (Fsp3) is 0.467. The number of carbonyl (C=O) groups excluding carboxylic acids is 2. The number of methoxy groups -OCH3 is 1. The van der Waals surface area contributed by atoms with Crippen molar-refractivity contribution in [2.24, 2.45) is 0 Å². The molecule has 2 atom stereocenters. The molecule has 1 heterocycles. The average molecular weight is 356 g/mol. The second-order valence-electron chi connectivity index (χ2n) is 5.28. The molecule has 1 N–H and O–H groups in total. The Kier molecular flexibility index (Phi) is 5.99. The number of hydrogen-bond acceptors (Lipinski definition) is 6. The molecule has 24 heavy (non-hydrogen) atoms. The maximum Gasteiger partial charge on any atom is 0.410 e. The van der Waals surface area contributed by atoms with Crippen LogP contribution in [0, 0.1) is 0 Å². The van der Waals surface area contributed by atoms with Gasteiger partial charge >= 0.3 is 13.7 Å². The van der Waals surface area contributed by atoms with E-state index in [0.717, 1.165) is 0 Å². The van der Waals surface area contributed by atoms with E-state index in [9.17, 15) is 14.2 Å². The zero-order chi connectivity index (χ0) is 17.7. The van der Waals surface area contributed by atoms with Gasteiger partial charge in [-0.1, -0.05) is 18.2 Å². The summed E-state index contributed by atoms with van der Waals surface area (Å²) in [5.74, 6) is -1.09. The standard InChI is InChI=1S/C15H21N2O6P/c1-21-15(19)17-10-12(9-13(17)24(20,22-2)23-3)16-14(18)11-7-5-4-6-8-11/h4-8,12-13H,9-10H2,1-3H3,(H,16,18)/t12-,13-/m0/s1. The molecule has 0 aliphatic carbocycles. The fourth-order valence-electron chi connectivity index (χ4n) is 2.71. The average Bonchev–Trinajstić information content (AvgIpc) is 3.05. The van der Waals surface area contributed by atoms with Crippen LogP contribution < -0.4 is 5.32 Å². The van der Waals surface area contributed by atoms with Crippen molar-refractivity contribution in [1.29, 1.82) is 0 Å². The molecule has 1 saturated heterocycles. The van der Waals surface area contributed by atoms with E-state index < -0.39 is 19.5 Å². The summed E-state index contributed by atoms with van der Waals surface area (Å²) in [6.45, 7) is 0.159. The molecule has 2 amide bonds. The predicted molar refractivity (Wildman–Crippen MR) is 86.8 cm³/mol. The largest absolute Gasteiger partial charge is 0.453 e. The quantitative estimate of drug-likeness (QED) is 0.812. The molecule has 0 unspecified atom stereocenters. The molecule has 132 valence electrons. The van der Waals surface area contributed by atoms with Crippen LogP contribution in [0.5, 0.6) is 0 Å². The third-order valence-corrected chi connectivity index (χ3v) is 6.16. The second-order valence-corrected chi connectivity index (χ2v) is 7.69. The summed E-state index contributed by atoms with van der Waals surface area (Å²) in [7, 11) is 0.224. The molecule has 1 aliphatic heterocycles. The van der Waals surface area contributed by atoms with Crippen molar-refractivity contribution in [1.82, 2.24) is 10.2 Å². The molecule has 9 heteroatoms. The Bertz CT molecular complexity index is 630. The highest BCUT2D eigenvalue weighted by molar-refractivity contribution is 7.54. The molecule has 8 nitrogen and oxygen atoms in total. The number of ether oxygens (including phenoxy) is 1. The predicted octanol–water partition coefficient (Wildman–Crippen LogP) is 2.07. The van der Waals surface area contributed by atoms with Crippen molar-refractivity contribution < 1.29 is 27.9 Å². The molecule has 0 spiro atoms. The monoisotopic (exact) mass is 356 g/mol. The summed E-state index contributed by atoms with van der Waals surface area (Å²) >= 11 is 0. The van der Waals surface area contributed by atoms with Gasteiger partial charge in [-0.3, -0.25) is 14.3 Å². The van der Waals surface area contributed by atoms with Gasteiger partial charge in [-0.2, -0.15) is 0 Å². The number of amides is 2. The van der Waals surface area contributed by atoms with E-state index in [1.165, 1.54) is 26.2 Å². The lowest BCUT2D eigenvalue weighted by Crippen LogP contribution is -2.39. The van der Waals surface area contributed by atoms with E-state index in [0.29, 0.717) is 5.56 Å². The molecule has 2 rings (SSSR count). The molecule has 1 fully saturated rings. The molecule has 0 radical (unpaired) electrons. The molecule has 1 aliphatic rings. The Labute approximate surface area is 140 Å². The lowest BCUT2D eigenvalue weighted by atomic mass is 10.2. The van der Waals surface area contributed by atoms with E-state index in [1.54, 1.807) is 24.3 Å². The van der Waals surface area contributed by atoms with Gasteiger partial charge in [0.2, 0.25) is 0 Å². The van der Waals surface area contributed by atoms with Crippen LogP contribution in [-0.2, 0) is 18.3 Å². The maximum absolute atomic E-state index is 12.7. The number of carbonyl (C=O) groups is 2. The van der Waals surface area contributed by atoms with Gasteiger partial charge in [0.15, 0.2) is 0 Å². The zero-order valence-corrected chi connectivity index (χ0v) is 14.7. The van der Waals surface area contributed by atoms with Crippen LogP contribution in [0.2, 0.25) is 0 Å². The number of nitrogens with zero attached hydrogens (tertiary/aromatic N) is 1. The van der Waals surface area contributed by atoms with Crippen molar-refractivity contribution in [2.75, 3.05) is 27.9 Å². The third kappa shape index (κ3) is 3.77. The van der Waals surface area contributed by atoms with Crippen LogP contribution in [-0.4, -0.2) is 56.6 Å². The van der Waals surface area contributed by atoms with Crippen molar-refractivity contribution in [3.05, 3.63) is 35.9 Å². The molecular weight excluding hydrogens is 335 g/mol. The van der Waals surface area contributed by atoms with Gasteiger partial charge in [0.05, 0.1) is 7.11 Å². The van der Waals surface area contributed by atoms with Crippen LogP contribution in [0.15, 0.2) is 30.3 Å². The van der Waals surface area contributed by atoms with E-state index in [2.05, 4.69) is 5.32 Å². The smallest absolute Gasteiger partial charge is 0.410 e. The van der Waals surface area contributed by atoms with E-state index in [4.69, 9.17) is 13.8 Å². The van der Waals surface area contributed by atoms with Crippen LogP contribution in [0.3, 0.4) is 0 Å². The van der Waals surface area contributed by atoms with Crippen LogP contribution in [0.1, 0.15) is 16.8 Å². The van der Waals surface area contributed by atoms with E-state index in [1.807, 2.05) is 6.07 Å². The van der Waals surface area contributed by atoms with Crippen LogP contribution in [0.25, 0.3) is 0 Å². The van der Waals surface area contributed by atoms with Gasteiger partial charge in [-0.05, 0) is 12.1 Å². The molecular formula is C15H21N2O6P. The molecule has 0 saturated carbocycles. The Hall–Kier alpha value is -1.89. The van der Waals surface area contributed by atoms with Gasteiger partial charge in [-0.15, -0.1) is 0 Å². The lowest BCUT2D eigenvalue weighted by molar-refractivity contribution is 0.0933. The summed E-state index contributed by atoms with van der Waals surface area (Å²) in [6, 6.07) is 8.33. The summed E-state index contributed by atoms with van der Waals surface area (Å²) in [4.78, 5) is 25.5. The lowest BCUT2D eigenvalue weighted by Gasteiger charge is -2.27. The van der Waals surface area contributed by atoms with Gasteiger partial charge in [0, 0.05) is 38.8 Å². The maximum atomic E-state index is 12.7. The number of benzene rings is 1. The van der Waals surface area contributed by atoms with Crippen LogP contribution >= 0.6 is 7.60 Å². The fourth-order valence-corrected chi connectivity index (χ4v) is 4.39. The topological polar surface area (TPSA) is 94.2 Å². The zero-order valence-electron chi connectivity index (χ0n) is 13.8. The first-order chi connectivity index (χ1) is 11.4. The number of likely N-dealkylation sites (tertiary alicyclic amines) is 1. The second kappa shape index (κ2) is 7.79. The molecule has 1 aromatic rings.